The lowest BCUT2D eigenvalue weighted by Gasteiger charge is -2.29. The summed E-state index contributed by atoms with van der Waals surface area (Å²) in [5, 5.41) is 16.7. The Morgan fingerprint density at radius 2 is 1.97 bits per heavy atom. The molecule has 0 spiro atoms. The van der Waals surface area contributed by atoms with Crippen molar-refractivity contribution in [2.45, 2.75) is 63.1 Å². The summed E-state index contributed by atoms with van der Waals surface area (Å²) in [5.41, 5.74) is 6.78. The maximum Gasteiger partial charge on any atom is 0.225 e. The number of benzene rings is 1. The number of carbonyl (C=O) groups is 1. The van der Waals surface area contributed by atoms with Crippen LogP contribution in [0.1, 0.15) is 51.0 Å². The van der Waals surface area contributed by atoms with Gasteiger partial charge in [-0.2, -0.15) is 4.98 Å². The third kappa shape index (κ3) is 4.39. The van der Waals surface area contributed by atoms with Crippen LogP contribution in [0.4, 0.5) is 22.0 Å². The van der Waals surface area contributed by atoms with Crippen molar-refractivity contribution in [3.8, 4) is 0 Å². The number of nitrogens with two attached hydrogens (primary N) is 1. The van der Waals surface area contributed by atoms with Gasteiger partial charge in [0.2, 0.25) is 17.8 Å². The Hall–Kier alpha value is -2.98. The number of fused-ring (bicyclic) bond motifs is 1. The van der Waals surface area contributed by atoms with Crippen molar-refractivity contribution in [1.82, 2.24) is 19.5 Å². The molecule has 34 heavy (non-hydrogen) atoms. The molecule has 2 heterocycles. The standard InChI is InChI=1S/C23H27ClFN7O2/c24-14-3-1-4-15(25)19(14)30-23-29-17-11-27-22(28-16-5-2-6-18(16)33)31-21(17)32(23)13-9-7-12(8-10-13)20(26)34/h1,3-4,11-13,16,18,33H,2,5-10H2,(H2,26,34)(H,29,30)(H,27,28,31)/t12-,13+,16?,18-/m1/s1. The second kappa shape index (κ2) is 9.34. The van der Waals surface area contributed by atoms with Crippen LogP contribution in [-0.2, 0) is 4.79 Å². The molecule has 180 valence electrons. The van der Waals surface area contributed by atoms with Crippen molar-refractivity contribution in [2.75, 3.05) is 10.6 Å². The Morgan fingerprint density at radius 3 is 2.65 bits per heavy atom. The maximum atomic E-state index is 14.5. The van der Waals surface area contributed by atoms with Crippen LogP contribution in [0.3, 0.4) is 0 Å². The fourth-order valence-corrected chi connectivity index (χ4v) is 5.23. The summed E-state index contributed by atoms with van der Waals surface area (Å²) in [6, 6.07) is 4.35. The van der Waals surface area contributed by atoms with Gasteiger partial charge in [0.05, 0.1) is 29.1 Å². The molecular weight excluding hydrogens is 461 g/mol. The van der Waals surface area contributed by atoms with Gasteiger partial charge in [-0.05, 0) is 57.1 Å². The number of amides is 1. The van der Waals surface area contributed by atoms with Gasteiger partial charge in [0.15, 0.2) is 5.65 Å². The van der Waals surface area contributed by atoms with Crippen molar-refractivity contribution in [3.63, 3.8) is 0 Å². The molecule has 0 saturated heterocycles. The predicted molar refractivity (Wildman–Crippen MR) is 127 cm³/mol. The smallest absolute Gasteiger partial charge is 0.225 e. The van der Waals surface area contributed by atoms with Crippen LogP contribution in [0.2, 0.25) is 5.02 Å². The SMILES string of the molecule is NC(=O)[C@H]1CC[C@@H](n2c(Nc3c(F)cccc3Cl)nc3cnc(NC4CCC[C@H]4O)nc32)CC1. The van der Waals surface area contributed by atoms with Crippen molar-refractivity contribution < 1.29 is 14.3 Å². The summed E-state index contributed by atoms with van der Waals surface area (Å²) < 4.78 is 16.5. The average molecular weight is 488 g/mol. The summed E-state index contributed by atoms with van der Waals surface area (Å²) in [5.74, 6) is -0.126. The lowest BCUT2D eigenvalue weighted by molar-refractivity contribution is -0.122. The zero-order valence-electron chi connectivity index (χ0n) is 18.5. The molecule has 5 N–H and O–H groups in total. The van der Waals surface area contributed by atoms with E-state index >= 15 is 0 Å². The Morgan fingerprint density at radius 1 is 1.18 bits per heavy atom. The molecule has 2 fully saturated rings. The lowest BCUT2D eigenvalue weighted by atomic mass is 9.85. The van der Waals surface area contributed by atoms with Crippen LogP contribution in [0.25, 0.3) is 11.2 Å². The topological polar surface area (TPSA) is 131 Å². The minimum Gasteiger partial charge on any atom is -0.391 e. The number of para-hydroxylation sites is 1. The van der Waals surface area contributed by atoms with Crippen LogP contribution in [0.5, 0.6) is 0 Å². The normalized spacial score (nSPS) is 24.9. The van der Waals surface area contributed by atoms with E-state index in [-0.39, 0.29) is 34.6 Å². The molecule has 1 aromatic carbocycles. The number of nitrogens with one attached hydrogen (secondary N) is 2. The quantitative estimate of drug-likeness (QED) is 0.414. The van der Waals surface area contributed by atoms with E-state index in [2.05, 4.69) is 20.6 Å². The third-order valence-corrected chi connectivity index (χ3v) is 7.21. The van der Waals surface area contributed by atoms with E-state index in [0.29, 0.717) is 48.7 Å². The largest absolute Gasteiger partial charge is 0.391 e. The van der Waals surface area contributed by atoms with E-state index in [1.165, 1.54) is 12.1 Å². The van der Waals surface area contributed by atoms with E-state index in [1.807, 2.05) is 4.57 Å². The van der Waals surface area contributed by atoms with Gasteiger partial charge >= 0.3 is 0 Å². The fraction of sp³-hybridized carbons (Fsp3) is 0.478. The molecular formula is C23H27ClFN7O2. The minimum absolute atomic E-state index is 0.0199. The predicted octanol–water partition coefficient (Wildman–Crippen LogP) is 3.90. The molecule has 2 aromatic heterocycles. The first-order valence-electron chi connectivity index (χ1n) is 11.6. The van der Waals surface area contributed by atoms with E-state index in [1.54, 1.807) is 12.3 Å². The Labute approximate surface area is 200 Å². The van der Waals surface area contributed by atoms with Crippen molar-refractivity contribution in [1.29, 1.82) is 0 Å². The fourth-order valence-electron chi connectivity index (χ4n) is 5.02. The molecule has 2 aliphatic rings. The molecule has 5 rings (SSSR count). The molecule has 1 unspecified atom stereocenters. The molecule has 0 radical (unpaired) electrons. The van der Waals surface area contributed by atoms with Crippen LogP contribution < -0.4 is 16.4 Å². The van der Waals surface area contributed by atoms with Gasteiger partial charge in [-0.3, -0.25) is 9.36 Å². The van der Waals surface area contributed by atoms with Crippen LogP contribution in [-0.4, -0.2) is 42.7 Å². The summed E-state index contributed by atoms with van der Waals surface area (Å²) in [6.07, 6.45) is 6.43. The number of imidazole rings is 1. The zero-order valence-corrected chi connectivity index (χ0v) is 19.3. The number of rotatable bonds is 6. The highest BCUT2D eigenvalue weighted by atomic mass is 35.5. The molecule has 0 aliphatic heterocycles. The summed E-state index contributed by atoms with van der Waals surface area (Å²) >= 11 is 6.25. The highest BCUT2D eigenvalue weighted by molar-refractivity contribution is 6.33. The van der Waals surface area contributed by atoms with Gasteiger partial charge in [0, 0.05) is 12.0 Å². The van der Waals surface area contributed by atoms with Gasteiger partial charge in [-0.15, -0.1) is 0 Å². The number of nitrogens with zero attached hydrogens (tertiary/aromatic N) is 4. The third-order valence-electron chi connectivity index (χ3n) is 6.89. The Kier molecular flexibility index (Phi) is 6.26. The van der Waals surface area contributed by atoms with Crippen LogP contribution in [0.15, 0.2) is 24.4 Å². The Balaban J connectivity index is 1.53. The van der Waals surface area contributed by atoms with Gasteiger partial charge in [0.25, 0.3) is 0 Å². The van der Waals surface area contributed by atoms with E-state index < -0.39 is 11.9 Å². The number of anilines is 3. The molecule has 3 aromatic rings. The van der Waals surface area contributed by atoms with Crippen molar-refractivity contribution in [2.24, 2.45) is 11.7 Å². The molecule has 11 heteroatoms. The van der Waals surface area contributed by atoms with Gasteiger partial charge in [-0.25, -0.2) is 14.4 Å². The summed E-state index contributed by atoms with van der Waals surface area (Å²) in [7, 11) is 0. The van der Waals surface area contributed by atoms with Crippen LogP contribution in [0, 0.1) is 11.7 Å². The number of aliphatic hydroxyl groups is 1. The highest BCUT2D eigenvalue weighted by Gasteiger charge is 2.30. The first-order valence-corrected chi connectivity index (χ1v) is 12.0. The number of aliphatic hydroxyl groups excluding tert-OH is 1. The Bertz CT molecular complexity index is 1190. The minimum atomic E-state index is -0.493. The maximum absolute atomic E-state index is 14.5. The average Bonchev–Trinajstić information content (AvgIpc) is 3.39. The van der Waals surface area contributed by atoms with Gasteiger partial charge in [0.1, 0.15) is 11.3 Å². The van der Waals surface area contributed by atoms with E-state index in [4.69, 9.17) is 22.3 Å². The number of primary amides is 1. The second-order valence-corrected chi connectivity index (χ2v) is 9.49. The van der Waals surface area contributed by atoms with Gasteiger partial charge < -0.3 is 21.5 Å². The van der Waals surface area contributed by atoms with E-state index in [9.17, 15) is 14.3 Å². The summed E-state index contributed by atoms with van der Waals surface area (Å²) in [4.78, 5) is 25.4. The molecule has 9 nitrogen and oxygen atoms in total. The van der Waals surface area contributed by atoms with Crippen molar-refractivity contribution >= 4 is 46.3 Å². The first kappa shape index (κ1) is 22.8. The number of aromatic nitrogens is 4. The van der Waals surface area contributed by atoms with Gasteiger partial charge in [-0.1, -0.05) is 17.7 Å². The highest BCUT2D eigenvalue weighted by Crippen LogP contribution is 2.38. The van der Waals surface area contributed by atoms with Crippen LogP contribution >= 0.6 is 11.6 Å². The zero-order chi connectivity index (χ0) is 23.8. The molecule has 0 bridgehead atoms. The first-order chi connectivity index (χ1) is 16.4. The molecule has 2 saturated carbocycles. The molecule has 2 atom stereocenters. The number of hydrogen-bond acceptors (Lipinski definition) is 7. The van der Waals surface area contributed by atoms with E-state index in [0.717, 1.165) is 19.3 Å². The summed E-state index contributed by atoms with van der Waals surface area (Å²) in [6.45, 7) is 0. The molecule has 2 aliphatic carbocycles. The number of carbonyl (C=O) groups excluding carboxylic acids is 1. The molecule has 1 amide bonds. The monoisotopic (exact) mass is 487 g/mol. The second-order valence-electron chi connectivity index (χ2n) is 9.09. The number of hydrogen-bond donors (Lipinski definition) is 4. The number of halogens is 2. The van der Waals surface area contributed by atoms with Crippen molar-refractivity contribution in [3.05, 3.63) is 35.2 Å². The lowest BCUT2D eigenvalue weighted by Crippen LogP contribution is -2.29.